The third-order valence-corrected chi connectivity index (χ3v) is 32.6. The number of hydrogen-bond donors (Lipinski definition) is 3. The zero-order chi connectivity index (χ0) is 79.9. The molecule has 14 aromatic carbocycles. The molecule has 2 aliphatic heterocycles. The number of fused-ring (bicyclic) bond motifs is 2. The number of nitrogens with zero attached hydrogens (tertiary/aromatic N) is 1. The van der Waals surface area contributed by atoms with Gasteiger partial charge in [0.05, 0.1) is 12.5 Å². The van der Waals surface area contributed by atoms with Gasteiger partial charge in [0.25, 0.3) is 0 Å². The van der Waals surface area contributed by atoms with Gasteiger partial charge in [0.15, 0.2) is 0 Å². The molecule has 14 aromatic rings. The molecule has 0 amide bonds. The summed E-state index contributed by atoms with van der Waals surface area (Å²) in [5, 5.41) is 20.2. The summed E-state index contributed by atoms with van der Waals surface area (Å²) in [6.07, 6.45) is 4.32. The fourth-order valence-electron chi connectivity index (χ4n) is 15.9. The summed E-state index contributed by atoms with van der Waals surface area (Å²) in [5.41, 5.74) is 4.21. The molecule has 3 N–H and O–H groups in total. The summed E-state index contributed by atoms with van der Waals surface area (Å²) in [7, 11) is -8.21. The fourth-order valence-corrected chi connectivity index (χ4v) is 26.3. The van der Waals surface area contributed by atoms with Gasteiger partial charge >= 0.3 is 0 Å². The fraction of sp³-hybridized carbons (Fsp3) is 0.149. The van der Waals surface area contributed by atoms with Crippen LogP contribution in [0.3, 0.4) is 0 Å². The molecule has 15 heteroatoms. The summed E-state index contributed by atoms with van der Waals surface area (Å²) >= 11 is 0. The van der Waals surface area contributed by atoms with Crippen molar-refractivity contribution in [3.63, 3.8) is 0 Å². The number of anilines is 2. The maximum Gasteiger partial charge on any atom is 0.229 e. The van der Waals surface area contributed by atoms with Crippen LogP contribution < -0.4 is 78.4 Å². The first-order chi connectivity index (χ1) is 56.1. The van der Waals surface area contributed by atoms with Gasteiger partial charge in [-0.3, -0.25) is 14.3 Å². The molecule has 2 heterocycles. The third-order valence-electron chi connectivity index (χ3n) is 21.6. The molecule has 18 rings (SSSR count). The summed E-state index contributed by atoms with van der Waals surface area (Å²) in [6, 6.07) is 145. The third kappa shape index (κ3) is 22.9. The Bertz CT molecular complexity index is 4680. The second-order valence-electron chi connectivity index (χ2n) is 29.4. The van der Waals surface area contributed by atoms with E-state index < -0.39 is 51.7 Å². The van der Waals surface area contributed by atoms with E-state index in [1.807, 2.05) is 30.3 Å². The minimum atomic E-state index is -3.22. The van der Waals surface area contributed by atoms with E-state index in [0.717, 1.165) is 32.7 Å². The Morgan fingerprint density at radius 2 is 0.509 bits per heavy atom. The first kappa shape index (κ1) is 86.0. The molecule has 8 nitrogen and oxygen atoms in total. The van der Waals surface area contributed by atoms with Crippen LogP contribution in [-0.4, -0.2) is 67.0 Å². The molecule has 0 aromatic heterocycles. The number of likely N-dealkylation sites (tertiary alicyclic amines) is 1. The predicted octanol–water partition coefficient (Wildman–Crippen LogP) is 17.0. The largest absolute Gasteiger partial charge is 0.316 e. The van der Waals surface area contributed by atoms with Crippen molar-refractivity contribution >= 4 is 127 Å². The van der Waals surface area contributed by atoms with Gasteiger partial charge < -0.3 is 5.32 Å². The van der Waals surface area contributed by atoms with E-state index in [-0.39, 0.29) is 31.3 Å². The number of hydrogen-bond acceptors (Lipinski definition) is 6. The predicted molar refractivity (Wildman–Crippen MR) is 499 cm³/mol. The maximum atomic E-state index is 11.4. The molecule has 2 aliphatic carbocycles. The van der Waals surface area contributed by atoms with E-state index >= 15 is 0 Å². The molecule has 0 bridgehead atoms. The van der Waals surface area contributed by atoms with Crippen LogP contribution in [0.5, 0.6) is 0 Å². The Balaban J connectivity index is 0.000000128. The van der Waals surface area contributed by atoms with Crippen LogP contribution >= 0.6 is 31.7 Å². The monoisotopic (exact) mass is 1730 g/mol. The van der Waals surface area contributed by atoms with Crippen LogP contribution in [0.15, 0.2) is 425 Å². The first-order valence-electron chi connectivity index (χ1n) is 39.1. The average molecular weight is 1730 g/mol. The van der Waals surface area contributed by atoms with Crippen LogP contribution in [-0.2, 0) is 51.3 Å². The molecule has 2 saturated carbocycles. The molecule has 4 unspecified atom stereocenters. The number of sulfonamides is 2. The van der Waals surface area contributed by atoms with E-state index in [1.54, 1.807) is 12.1 Å². The van der Waals surface area contributed by atoms with Gasteiger partial charge in [-0.15, -0.1) is 6.58 Å². The number of nitrogens with one attached hydrogen (secondary N) is 3. The Kier molecular flexibility index (Phi) is 30.9. The van der Waals surface area contributed by atoms with Crippen LogP contribution in [0.1, 0.15) is 25.0 Å². The molecule has 4 atom stereocenters. The van der Waals surface area contributed by atoms with Crippen LogP contribution in [0.25, 0.3) is 0 Å². The Labute approximate surface area is 707 Å². The molecule has 0 spiro atoms. The molecular formula is C101H100N4O4P4PdS2. The molecule has 2 saturated heterocycles. The van der Waals surface area contributed by atoms with Crippen molar-refractivity contribution in [1.29, 1.82) is 0 Å². The number of piperidine rings is 2. The zero-order valence-electron chi connectivity index (χ0n) is 65.9. The number of benzene rings is 14. The molecule has 4 fully saturated rings. The van der Waals surface area contributed by atoms with Crippen molar-refractivity contribution in [2.45, 2.75) is 24.7 Å². The molecule has 590 valence electrons. The maximum absolute atomic E-state index is 11.4. The van der Waals surface area contributed by atoms with Crippen molar-refractivity contribution in [2.24, 2.45) is 23.7 Å². The molecule has 0 radical (unpaired) electrons. The molecule has 116 heavy (non-hydrogen) atoms. The zero-order valence-corrected chi connectivity index (χ0v) is 72.7. The Morgan fingerprint density at radius 3 is 0.690 bits per heavy atom. The Hall–Kier alpha value is -9.38. The van der Waals surface area contributed by atoms with Gasteiger partial charge in [0, 0.05) is 62.3 Å². The minimum absolute atomic E-state index is 0. The Morgan fingerprint density at radius 1 is 0.319 bits per heavy atom. The minimum Gasteiger partial charge on any atom is -0.316 e. The van der Waals surface area contributed by atoms with Gasteiger partial charge in [-0.1, -0.05) is 408 Å². The van der Waals surface area contributed by atoms with Crippen molar-refractivity contribution < 1.29 is 37.3 Å². The van der Waals surface area contributed by atoms with E-state index in [2.05, 4.69) is 416 Å². The van der Waals surface area contributed by atoms with E-state index in [1.165, 1.54) is 87.3 Å². The van der Waals surface area contributed by atoms with Gasteiger partial charge in [0.2, 0.25) is 20.0 Å². The summed E-state index contributed by atoms with van der Waals surface area (Å²) in [6.45, 7) is 13.7. The van der Waals surface area contributed by atoms with Crippen LogP contribution in [0.2, 0.25) is 0 Å². The summed E-state index contributed by atoms with van der Waals surface area (Å²) in [5.74, 6) is 2.74. The van der Waals surface area contributed by atoms with Gasteiger partial charge in [-0.25, -0.2) is 16.8 Å². The van der Waals surface area contributed by atoms with Gasteiger partial charge in [0.1, 0.15) is 0 Å². The second-order valence-corrected chi connectivity index (χ2v) is 41.8. The SMILES string of the molecule is C=CCN1CC2C(C1)C2(C)c1cccc(NS(C)(=O)=O)c1.CC1(c2cccc(NS(C)(=O)=O)c2)C2CNCC21.[Pd].c1ccc(P(c2ccccc2)c2ccccc2)cc1.c1ccc(P(c2ccccc2)c2ccccc2)cc1.c1ccc(P(c2ccccc2)c2ccccc2)cc1.c1ccc(P(c2ccccc2)c2ccccc2)cc1. The molecule has 4 aliphatic rings. The average Bonchev–Trinajstić information content (AvgIpc) is 1.53. The van der Waals surface area contributed by atoms with Crippen molar-refractivity contribution in [3.8, 4) is 0 Å². The normalized spacial score (nSPS) is 18.0. The summed E-state index contributed by atoms with van der Waals surface area (Å²) in [4.78, 5) is 2.43. The number of rotatable bonds is 20. The van der Waals surface area contributed by atoms with Crippen LogP contribution in [0, 0.1) is 23.7 Å². The smallest absolute Gasteiger partial charge is 0.229 e. The van der Waals surface area contributed by atoms with E-state index in [4.69, 9.17) is 0 Å². The van der Waals surface area contributed by atoms with E-state index in [0.29, 0.717) is 35.0 Å². The second kappa shape index (κ2) is 41.6. The standard InChI is InChI=1S/4C18H15P.C16H22N2O2S.C13H18N2O2S.Pd/c4*1-4-10-16(11-5-1)19(17-12-6-2-7-13-17)18-14-8-3-9-15-18;1-4-8-18-10-14-15(11-18)16(14,2)12-6-5-7-13(9-12)17-21(3,19)20;1-13(11-7-14-8-12(11)13)9-4-3-5-10(6-9)15-18(2,16)17;/h4*1-15H;4-7,9,14-15,17H,1,8,10-11H2,2-3H3;3-6,11-12,14-15H,7-8H2,1-2H3;. The van der Waals surface area contributed by atoms with Crippen LogP contribution in [0.4, 0.5) is 11.4 Å². The quantitative estimate of drug-likeness (QED) is 0.0399. The van der Waals surface area contributed by atoms with Gasteiger partial charge in [-0.2, -0.15) is 0 Å². The van der Waals surface area contributed by atoms with Crippen molar-refractivity contribution in [2.75, 3.05) is 54.7 Å². The van der Waals surface area contributed by atoms with Crippen molar-refractivity contribution in [1.82, 2.24) is 10.2 Å². The molecular weight excluding hydrogens is 1630 g/mol. The van der Waals surface area contributed by atoms with E-state index in [9.17, 15) is 16.8 Å². The summed E-state index contributed by atoms with van der Waals surface area (Å²) < 4.78 is 50.3. The topological polar surface area (TPSA) is 108 Å². The van der Waals surface area contributed by atoms with Crippen molar-refractivity contribution in [3.05, 3.63) is 436 Å². The first-order valence-corrected chi connectivity index (χ1v) is 48.2. The van der Waals surface area contributed by atoms with Gasteiger partial charge in [-0.05, 0) is 167 Å².